The predicted octanol–water partition coefficient (Wildman–Crippen LogP) is 1.74. The number of ether oxygens (including phenoxy) is 2. The summed E-state index contributed by atoms with van der Waals surface area (Å²) in [5.41, 5.74) is -0.221. The van der Waals surface area contributed by atoms with Crippen LogP contribution in [0.2, 0.25) is 0 Å². The Bertz CT molecular complexity index is 231. The largest absolute Gasteiger partial charge is 0.481 e. The van der Waals surface area contributed by atoms with Crippen LogP contribution in [-0.2, 0) is 14.3 Å². The van der Waals surface area contributed by atoms with E-state index in [0.717, 1.165) is 0 Å². The van der Waals surface area contributed by atoms with Gasteiger partial charge in [-0.25, -0.2) is 0 Å². The molecule has 0 bridgehead atoms. The molecule has 1 rings (SSSR count). The summed E-state index contributed by atoms with van der Waals surface area (Å²) in [5, 5.41) is 9.03. The van der Waals surface area contributed by atoms with Crippen molar-refractivity contribution in [3.63, 3.8) is 0 Å². The van der Waals surface area contributed by atoms with Gasteiger partial charge < -0.3 is 14.6 Å². The van der Waals surface area contributed by atoms with E-state index in [9.17, 15) is 4.79 Å². The summed E-state index contributed by atoms with van der Waals surface area (Å²) < 4.78 is 10.9. The van der Waals surface area contributed by atoms with E-state index < -0.39 is 5.97 Å². The molecule has 2 atom stereocenters. The Kier molecular flexibility index (Phi) is 3.73. The Hall–Kier alpha value is -0.610. The second kappa shape index (κ2) is 4.49. The minimum Gasteiger partial charge on any atom is -0.481 e. The fourth-order valence-electron chi connectivity index (χ4n) is 2.24. The lowest BCUT2D eigenvalue weighted by molar-refractivity contribution is -0.159. The zero-order valence-corrected chi connectivity index (χ0v) is 9.82. The molecule has 0 heterocycles. The zero-order chi connectivity index (χ0) is 11.6. The first-order valence-electron chi connectivity index (χ1n) is 5.42. The van der Waals surface area contributed by atoms with Gasteiger partial charge in [0.1, 0.15) is 0 Å². The number of aliphatic carboxylic acids is 1. The molecule has 0 amide bonds. The van der Waals surface area contributed by atoms with Crippen molar-refractivity contribution in [3.05, 3.63) is 0 Å². The van der Waals surface area contributed by atoms with Crippen molar-refractivity contribution in [2.75, 3.05) is 13.2 Å². The molecular weight excluding hydrogens is 196 g/mol. The van der Waals surface area contributed by atoms with Gasteiger partial charge >= 0.3 is 5.97 Å². The first-order chi connectivity index (χ1) is 6.96. The Morgan fingerprint density at radius 1 is 1.33 bits per heavy atom. The van der Waals surface area contributed by atoms with Crippen molar-refractivity contribution in [2.24, 2.45) is 17.3 Å². The van der Waals surface area contributed by atoms with E-state index in [-0.39, 0.29) is 23.5 Å². The molecular formula is C11H20O4. The van der Waals surface area contributed by atoms with Gasteiger partial charge in [-0.15, -0.1) is 0 Å². The number of carbonyl (C=O) groups is 1. The topological polar surface area (TPSA) is 55.8 Å². The molecule has 4 nitrogen and oxygen atoms in total. The molecule has 0 aliphatic heterocycles. The summed E-state index contributed by atoms with van der Waals surface area (Å²) in [5.74, 6) is -1.13. The first-order valence-corrected chi connectivity index (χ1v) is 5.42. The summed E-state index contributed by atoms with van der Waals surface area (Å²) in [7, 11) is 0. The second-order valence-electron chi connectivity index (χ2n) is 4.44. The van der Waals surface area contributed by atoms with Crippen LogP contribution in [0.1, 0.15) is 27.7 Å². The highest BCUT2D eigenvalue weighted by molar-refractivity contribution is 5.75. The van der Waals surface area contributed by atoms with Crippen LogP contribution in [0.25, 0.3) is 0 Å². The van der Waals surface area contributed by atoms with E-state index in [1.54, 1.807) is 0 Å². The molecule has 1 fully saturated rings. The number of hydrogen-bond acceptors (Lipinski definition) is 3. The summed E-state index contributed by atoms with van der Waals surface area (Å²) in [4.78, 5) is 11.0. The molecule has 1 aliphatic carbocycles. The molecule has 0 aromatic rings. The molecule has 0 radical (unpaired) electrons. The quantitative estimate of drug-likeness (QED) is 0.687. The van der Waals surface area contributed by atoms with Crippen LogP contribution in [0, 0.1) is 17.3 Å². The normalized spacial score (nSPS) is 28.1. The maximum atomic E-state index is 11.0. The average molecular weight is 216 g/mol. The van der Waals surface area contributed by atoms with Gasteiger partial charge in [-0.05, 0) is 19.3 Å². The minimum absolute atomic E-state index is 0.0325. The van der Waals surface area contributed by atoms with Gasteiger partial charge in [0.15, 0.2) is 6.29 Å². The standard InChI is InChI=1S/C11H20O4/c1-5-14-10(15-6-2)8-7(9(12)13)11(8,3)4/h7-8,10H,5-6H2,1-4H3,(H,12,13). The number of rotatable bonds is 6. The molecule has 2 unspecified atom stereocenters. The molecule has 0 aromatic carbocycles. The Balaban J connectivity index is 2.65. The SMILES string of the molecule is CCOC(OCC)C1C(C(=O)O)C1(C)C. The van der Waals surface area contributed by atoms with E-state index in [0.29, 0.717) is 13.2 Å². The van der Waals surface area contributed by atoms with E-state index in [2.05, 4.69) is 0 Å². The van der Waals surface area contributed by atoms with Crippen LogP contribution in [0.3, 0.4) is 0 Å². The lowest BCUT2D eigenvalue weighted by Gasteiger charge is -2.18. The highest BCUT2D eigenvalue weighted by Crippen LogP contribution is 2.60. The third-order valence-corrected chi connectivity index (χ3v) is 3.13. The summed E-state index contributed by atoms with van der Waals surface area (Å²) in [6.07, 6.45) is -0.379. The van der Waals surface area contributed by atoms with Crippen molar-refractivity contribution < 1.29 is 19.4 Å². The van der Waals surface area contributed by atoms with Crippen molar-refractivity contribution >= 4 is 5.97 Å². The Morgan fingerprint density at radius 2 is 1.80 bits per heavy atom. The maximum Gasteiger partial charge on any atom is 0.307 e. The number of carboxylic acid groups (broad SMARTS) is 1. The van der Waals surface area contributed by atoms with Gasteiger partial charge in [0.25, 0.3) is 0 Å². The first kappa shape index (κ1) is 12.5. The van der Waals surface area contributed by atoms with Gasteiger partial charge in [-0.1, -0.05) is 13.8 Å². The second-order valence-corrected chi connectivity index (χ2v) is 4.44. The summed E-state index contributed by atoms with van der Waals surface area (Å²) in [6.45, 7) is 8.75. The molecule has 4 heteroatoms. The molecule has 1 N–H and O–H groups in total. The molecule has 0 saturated heterocycles. The predicted molar refractivity (Wildman–Crippen MR) is 55.4 cm³/mol. The van der Waals surface area contributed by atoms with Gasteiger partial charge in [0.2, 0.25) is 0 Å². The smallest absolute Gasteiger partial charge is 0.307 e. The molecule has 0 spiro atoms. The van der Waals surface area contributed by atoms with E-state index in [1.165, 1.54) is 0 Å². The molecule has 0 aromatic heterocycles. The molecule has 15 heavy (non-hydrogen) atoms. The van der Waals surface area contributed by atoms with Gasteiger partial charge in [0.05, 0.1) is 5.92 Å². The van der Waals surface area contributed by atoms with Gasteiger partial charge in [-0.3, -0.25) is 4.79 Å². The zero-order valence-electron chi connectivity index (χ0n) is 9.82. The Labute approximate surface area is 90.6 Å². The summed E-state index contributed by atoms with van der Waals surface area (Å²) >= 11 is 0. The van der Waals surface area contributed by atoms with Crippen LogP contribution >= 0.6 is 0 Å². The van der Waals surface area contributed by atoms with Crippen LogP contribution in [0.4, 0.5) is 0 Å². The lowest BCUT2D eigenvalue weighted by Crippen LogP contribution is -2.23. The fourth-order valence-corrected chi connectivity index (χ4v) is 2.24. The molecule has 1 aliphatic rings. The van der Waals surface area contributed by atoms with Crippen LogP contribution in [-0.4, -0.2) is 30.6 Å². The van der Waals surface area contributed by atoms with Gasteiger partial charge in [-0.2, -0.15) is 0 Å². The fraction of sp³-hybridized carbons (Fsp3) is 0.909. The highest BCUT2D eigenvalue weighted by atomic mass is 16.7. The molecule has 88 valence electrons. The average Bonchev–Trinajstić information content (AvgIpc) is 2.68. The third-order valence-electron chi connectivity index (χ3n) is 3.13. The van der Waals surface area contributed by atoms with E-state index in [4.69, 9.17) is 14.6 Å². The number of carboxylic acids is 1. The van der Waals surface area contributed by atoms with E-state index >= 15 is 0 Å². The summed E-state index contributed by atoms with van der Waals surface area (Å²) in [6, 6.07) is 0. The maximum absolute atomic E-state index is 11.0. The van der Waals surface area contributed by atoms with Crippen molar-refractivity contribution in [1.82, 2.24) is 0 Å². The van der Waals surface area contributed by atoms with Gasteiger partial charge in [0, 0.05) is 19.1 Å². The van der Waals surface area contributed by atoms with Crippen LogP contribution < -0.4 is 0 Å². The van der Waals surface area contributed by atoms with Crippen molar-refractivity contribution in [2.45, 2.75) is 34.0 Å². The monoisotopic (exact) mass is 216 g/mol. The van der Waals surface area contributed by atoms with Crippen molar-refractivity contribution in [3.8, 4) is 0 Å². The molecule has 1 saturated carbocycles. The van der Waals surface area contributed by atoms with Crippen LogP contribution in [0.15, 0.2) is 0 Å². The van der Waals surface area contributed by atoms with Crippen LogP contribution in [0.5, 0.6) is 0 Å². The highest BCUT2D eigenvalue weighted by Gasteiger charge is 2.66. The third kappa shape index (κ3) is 2.32. The minimum atomic E-state index is -0.755. The van der Waals surface area contributed by atoms with E-state index in [1.807, 2.05) is 27.7 Å². The Morgan fingerprint density at radius 3 is 2.07 bits per heavy atom. The van der Waals surface area contributed by atoms with Crippen molar-refractivity contribution in [1.29, 1.82) is 0 Å². The number of hydrogen-bond donors (Lipinski definition) is 1. The lowest BCUT2D eigenvalue weighted by atomic mass is 10.1.